The zero-order valence-electron chi connectivity index (χ0n) is 10.5. The van der Waals surface area contributed by atoms with E-state index in [4.69, 9.17) is 0 Å². The summed E-state index contributed by atoms with van der Waals surface area (Å²) in [6, 6.07) is 0.294. The van der Waals surface area contributed by atoms with Crippen LogP contribution in [0.25, 0.3) is 0 Å². The molecule has 0 aromatic carbocycles. The number of nitrogens with zero attached hydrogens (tertiary/aromatic N) is 1. The fourth-order valence-corrected chi connectivity index (χ4v) is 2.57. The summed E-state index contributed by atoms with van der Waals surface area (Å²) in [5, 5.41) is 10.0. The molecule has 1 heterocycles. The Bertz CT molecular complexity index is 199. The lowest BCUT2D eigenvalue weighted by molar-refractivity contribution is 0.00316. The molecular weight excluding hydrogens is 174 g/mol. The van der Waals surface area contributed by atoms with Crippen LogP contribution in [0.1, 0.15) is 48.0 Å². The van der Waals surface area contributed by atoms with Crippen molar-refractivity contribution >= 4 is 0 Å². The minimum atomic E-state index is -0.158. The molecule has 1 N–H and O–H groups in total. The predicted octanol–water partition coefficient (Wildman–Crippen LogP) is 2.27. The standard InChI is InChI=1S/C12H25NO/c1-11(2,3)10-9(14)7-8-13(10)12(4,5)6/h9-10,14H,7-8H2,1-6H3/t9-,10+/m1/s1. The zero-order chi connectivity index (χ0) is 11.1. The first-order valence-corrected chi connectivity index (χ1v) is 5.59. The average Bonchev–Trinajstić information content (AvgIpc) is 2.27. The molecule has 1 saturated heterocycles. The molecule has 2 atom stereocenters. The van der Waals surface area contributed by atoms with Crippen LogP contribution in [-0.2, 0) is 0 Å². The molecular formula is C12H25NO. The Labute approximate surface area is 88.3 Å². The van der Waals surface area contributed by atoms with Gasteiger partial charge in [-0.15, -0.1) is 0 Å². The molecule has 0 bridgehead atoms. The van der Waals surface area contributed by atoms with Crippen molar-refractivity contribution in [3.63, 3.8) is 0 Å². The van der Waals surface area contributed by atoms with Crippen molar-refractivity contribution in [1.82, 2.24) is 4.90 Å². The summed E-state index contributed by atoms with van der Waals surface area (Å²) in [5.74, 6) is 0. The second kappa shape index (κ2) is 3.49. The lowest BCUT2D eigenvalue weighted by atomic mass is 9.82. The van der Waals surface area contributed by atoms with Gasteiger partial charge >= 0.3 is 0 Å². The highest BCUT2D eigenvalue weighted by molar-refractivity contribution is 4.98. The van der Waals surface area contributed by atoms with Crippen molar-refractivity contribution in [3.8, 4) is 0 Å². The molecule has 0 unspecified atom stereocenters. The first kappa shape index (κ1) is 12.0. The maximum Gasteiger partial charge on any atom is 0.0712 e. The third kappa shape index (κ3) is 2.29. The van der Waals surface area contributed by atoms with E-state index in [2.05, 4.69) is 46.4 Å². The van der Waals surface area contributed by atoms with Crippen molar-refractivity contribution in [1.29, 1.82) is 0 Å². The summed E-state index contributed by atoms with van der Waals surface area (Å²) in [6.45, 7) is 14.3. The molecule has 0 aliphatic carbocycles. The predicted molar refractivity (Wildman–Crippen MR) is 60.3 cm³/mol. The Morgan fingerprint density at radius 3 is 1.86 bits per heavy atom. The smallest absolute Gasteiger partial charge is 0.0712 e. The summed E-state index contributed by atoms with van der Waals surface area (Å²) in [6.07, 6.45) is 0.758. The van der Waals surface area contributed by atoms with Crippen molar-refractivity contribution < 1.29 is 5.11 Å². The Morgan fingerprint density at radius 1 is 1.07 bits per heavy atom. The third-order valence-electron chi connectivity index (χ3n) is 3.11. The van der Waals surface area contributed by atoms with E-state index in [0.717, 1.165) is 13.0 Å². The van der Waals surface area contributed by atoms with E-state index in [1.807, 2.05) is 0 Å². The maximum absolute atomic E-state index is 10.0. The number of hydrogen-bond acceptors (Lipinski definition) is 2. The highest BCUT2D eigenvalue weighted by atomic mass is 16.3. The minimum absolute atomic E-state index is 0.156. The van der Waals surface area contributed by atoms with Crippen LogP contribution < -0.4 is 0 Å². The van der Waals surface area contributed by atoms with Gasteiger partial charge in [0.15, 0.2) is 0 Å². The summed E-state index contributed by atoms with van der Waals surface area (Å²) in [5.41, 5.74) is 0.318. The van der Waals surface area contributed by atoms with Gasteiger partial charge in [-0.1, -0.05) is 20.8 Å². The fraction of sp³-hybridized carbons (Fsp3) is 1.00. The van der Waals surface area contributed by atoms with E-state index in [9.17, 15) is 5.11 Å². The first-order valence-electron chi connectivity index (χ1n) is 5.59. The molecule has 0 spiro atoms. The minimum Gasteiger partial charge on any atom is -0.391 e. The van der Waals surface area contributed by atoms with Crippen LogP contribution in [-0.4, -0.2) is 34.2 Å². The van der Waals surface area contributed by atoms with Gasteiger partial charge < -0.3 is 5.11 Å². The number of aliphatic hydroxyl groups excluding tert-OH is 1. The maximum atomic E-state index is 10.0. The molecule has 2 nitrogen and oxygen atoms in total. The number of aliphatic hydroxyl groups is 1. The summed E-state index contributed by atoms with van der Waals surface area (Å²) < 4.78 is 0. The normalized spacial score (nSPS) is 31.1. The van der Waals surface area contributed by atoms with Gasteiger partial charge in [0.1, 0.15) is 0 Å². The SMILES string of the molecule is CC(C)(C)[C@@H]1[C@H](O)CCN1C(C)(C)C. The summed E-state index contributed by atoms with van der Waals surface area (Å²) in [4.78, 5) is 2.44. The van der Waals surface area contributed by atoms with E-state index in [-0.39, 0.29) is 17.1 Å². The van der Waals surface area contributed by atoms with Crippen LogP contribution >= 0.6 is 0 Å². The van der Waals surface area contributed by atoms with Crippen molar-refractivity contribution in [2.75, 3.05) is 6.54 Å². The van der Waals surface area contributed by atoms with Gasteiger partial charge in [-0.25, -0.2) is 0 Å². The van der Waals surface area contributed by atoms with Crippen molar-refractivity contribution in [2.24, 2.45) is 5.41 Å². The summed E-state index contributed by atoms with van der Waals surface area (Å²) >= 11 is 0. The van der Waals surface area contributed by atoms with Crippen molar-refractivity contribution in [3.05, 3.63) is 0 Å². The van der Waals surface area contributed by atoms with Gasteiger partial charge in [-0.3, -0.25) is 4.90 Å². The Balaban J connectivity index is 2.88. The van der Waals surface area contributed by atoms with E-state index in [0.29, 0.717) is 6.04 Å². The van der Waals surface area contributed by atoms with Gasteiger partial charge in [-0.05, 0) is 32.6 Å². The average molecular weight is 199 g/mol. The van der Waals surface area contributed by atoms with Crippen LogP contribution in [0.5, 0.6) is 0 Å². The van der Waals surface area contributed by atoms with Gasteiger partial charge in [0.25, 0.3) is 0 Å². The molecule has 0 radical (unpaired) electrons. The number of rotatable bonds is 0. The molecule has 0 aromatic rings. The Kier molecular flexibility index (Phi) is 2.99. The monoisotopic (exact) mass is 199 g/mol. The number of likely N-dealkylation sites (tertiary alicyclic amines) is 1. The van der Waals surface area contributed by atoms with Gasteiger partial charge in [0.05, 0.1) is 6.10 Å². The Morgan fingerprint density at radius 2 is 1.57 bits per heavy atom. The highest BCUT2D eigenvalue weighted by Gasteiger charge is 2.44. The van der Waals surface area contributed by atoms with E-state index in [1.54, 1.807) is 0 Å². The van der Waals surface area contributed by atoms with E-state index < -0.39 is 0 Å². The second-order valence-electron chi connectivity index (χ2n) is 6.53. The molecule has 2 heteroatoms. The van der Waals surface area contributed by atoms with Crippen LogP contribution in [0.2, 0.25) is 0 Å². The molecule has 0 saturated carbocycles. The topological polar surface area (TPSA) is 23.5 Å². The molecule has 0 aromatic heterocycles. The molecule has 1 aliphatic rings. The Hall–Kier alpha value is -0.0800. The fourth-order valence-electron chi connectivity index (χ4n) is 2.57. The van der Waals surface area contributed by atoms with Crippen molar-refractivity contribution in [2.45, 2.75) is 65.6 Å². The third-order valence-corrected chi connectivity index (χ3v) is 3.11. The highest BCUT2D eigenvalue weighted by Crippen LogP contribution is 2.37. The van der Waals surface area contributed by atoms with E-state index >= 15 is 0 Å². The van der Waals surface area contributed by atoms with Crippen LogP contribution in [0, 0.1) is 5.41 Å². The lowest BCUT2D eigenvalue weighted by Crippen LogP contribution is -2.52. The van der Waals surface area contributed by atoms with Gasteiger partial charge in [-0.2, -0.15) is 0 Å². The molecule has 1 aliphatic heterocycles. The molecule has 1 fully saturated rings. The zero-order valence-corrected chi connectivity index (χ0v) is 10.5. The largest absolute Gasteiger partial charge is 0.391 e. The second-order valence-corrected chi connectivity index (χ2v) is 6.53. The molecule has 0 amide bonds. The van der Waals surface area contributed by atoms with Crippen LogP contribution in [0.3, 0.4) is 0 Å². The van der Waals surface area contributed by atoms with E-state index in [1.165, 1.54) is 0 Å². The molecule has 84 valence electrons. The summed E-state index contributed by atoms with van der Waals surface area (Å²) in [7, 11) is 0. The first-order chi connectivity index (χ1) is 6.14. The number of hydrogen-bond donors (Lipinski definition) is 1. The quantitative estimate of drug-likeness (QED) is 0.647. The van der Waals surface area contributed by atoms with Gasteiger partial charge in [0.2, 0.25) is 0 Å². The van der Waals surface area contributed by atoms with Crippen LogP contribution in [0.4, 0.5) is 0 Å². The van der Waals surface area contributed by atoms with Gasteiger partial charge in [0, 0.05) is 18.1 Å². The lowest BCUT2D eigenvalue weighted by Gasteiger charge is -2.44. The molecule has 14 heavy (non-hydrogen) atoms. The van der Waals surface area contributed by atoms with Crippen LogP contribution in [0.15, 0.2) is 0 Å². The molecule has 1 rings (SSSR count).